The predicted octanol–water partition coefficient (Wildman–Crippen LogP) is 11.8. The van der Waals surface area contributed by atoms with E-state index in [1.807, 2.05) is 0 Å². The zero-order valence-corrected chi connectivity index (χ0v) is 42.7. The van der Waals surface area contributed by atoms with Gasteiger partial charge in [-0.2, -0.15) is 0 Å². The molecule has 0 aliphatic heterocycles. The Morgan fingerprint density at radius 1 is 0.455 bits per heavy atom. The molecule has 0 amide bonds. The summed E-state index contributed by atoms with van der Waals surface area (Å²) in [6.45, 7) is 3.33. The molecule has 1 saturated carbocycles. The molecule has 1 rings (SSSR count). The maximum Gasteiger partial charge on any atom is 0.472 e. The SMILES string of the molecule is CCCCCCCCCC/C=C/CCCCCC(=O)O[C@@H](COC(=O)CCCCCCCCCCCCCCCCCCCCCCCC)COP(=O)(O)OC1C(O)C(O)C(O)[C@H](O)C1O. The average molecular weight is 963 g/mol. The number of aliphatic hydroxyl groups is 5. The molecule has 0 saturated heterocycles. The number of unbranched alkanes of at least 4 members (excludes halogenated alkanes) is 32. The summed E-state index contributed by atoms with van der Waals surface area (Å²) < 4.78 is 33.6. The van der Waals surface area contributed by atoms with Crippen molar-refractivity contribution >= 4 is 19.8 Å². The number of rotatable bonds is 46. The molecule has 14 heteroatoms. The molecule has 0 aromatic carbocycles. The summed E-state index contributed by atoms with van der Waals surface area (Å²) in [6.07, 6.45) is 34.1. The van der Waals surface area contributed by atoms with Crippen LogP contribution in [0, 0.1) is 0 Å². The Labute approximate surface area is 401 Å². The van der Waals surface area contributed by atoms with Gasteiger partial charge in [0.1, 0.15) is 43.2 Å². The lowest BCUT2D eigenvalue weighted by molar-refractivity contribution is -0.220. The minimum atomic E-state index is -5.12. The first-order chi connectivity index (χ1) is 31.9. The fourth-order valence-corrected chi connectivity index (χ4v) is 9.49. The molecule has 390 valence electrons. The number of carbonyl (C=O) groups excluding carboxylic acids is 2. The molecular formula is C52H99O13P. The van der Waals surface area contributed by atoms with Crippen LogP contribution in [0.5, 0.6) is 0 Å². The van der Waals surface area contributed by atoms with Gasteiger partial charge in [0.2, 0.25) is 0 Å². The summed E-state index contributed by atoms with van der Waals surface area (Å²) in [6, 6.07) is 0. The first kappa shape index (κ1) is 62.6. The first-order valence-electron chi connectivity index (χ1n) is 27.0. The van der Waals surface area contributed by atoms with Crippen LogP contribution in [-0.4, -0.2) is 98.3 Å². The third kappa shape index (κ3) is 34.0. The fourth-order valence-electron chi connectivity index (χ4n) is 8.52. The van der Waals surface area contributed by atoms with Crippen molar-refractivity contribution in [3.63, 3.8) is 0 Å². The first-order valence-corrected chi connectivity index (χ1v) is 28.5. The number of ether oxygens (including phenoxy) is 2. The van der Waals surface area contributed by atoms with Crippen molar-refractivity contribution in [2.45, 2.75) is 294 Å². The van der Waals surface area contributed by atoms with Gasteiger partial charge in [-0.3, -0.25) is 18.6 Å². The van der Waals surface area contributed by atoms with Gasteiger partial charge in [0.25, 0.3) is 0 Å². The Bertz CT molecular complexity index is 1200. The second kappa shape index (κ2) is 42.5. The molecule has 1 aliphatic rings. The Kier molecular flexibility index (Phi) is 40.3. The number of hydrogen-bond acceptors (Lipinski definition) is 12. The third-order valence-corrected chi connectivity index (χ3v) is 13.8. The third-order valence-electron chi connectivity index (χ3n) is 12.9. The molecule has 0 aromatic heterocycles. The van der Waals surface area contributed by atoms with Crippen LogP contribution in [0.3, 0.4) is 0 Å². The normalized spacial score (nSPS) is 21.3. The summed E-state index contributed by atoms with van der Waals surface area (Å²) >= 11 is 0. The molecule has 8 atom stereocenters. The Balaban J connectivity index is 2.34. The van der Waals surface area contributed by atoms with Gasteiger partial charge >= 0.3 is 19.8 Å². The van der Waals surface area contributed by atoms with Crippen molar-refractivity contribution in [3.05, 3.63) is 12.2 Å². The van der Waals surface area contributed by atoms with E-state index in [2.05, 4.69) is 26.0 Å². The van der Waals surface area contributed by atoms with E-state index >= 15 is 0 Å². The van der Waals surface area contributed by atoms with E-state index < -0.39 is 75.7 Å². The highest BCUT2D eigenvalue weighted by atomic mass is 31.2. The van der Waals surface area contributed by atoms with E-state index in [4.69, 9.17) is 18.5 Å². The zero-order chi connectivity index (χ0) is 48.5. The molecule has 0 aromatic rings. The van der Waals surface area contributed by atoms with E-state index in [1.54, 1.807) is 0 Å². The van der Waals surface area contributed by atoms with E-state index in [0.717, 1.165) is 44.9 Å². The molecule has 0 spiro atoms. The molecule has 13 nitrogen and oxygen atoms in total. The predicted molar refractivity (Wildman–Crippen MR) is 263 cm³/mol. The van der Waals surface area contributed by atoms with Crippen molar-refractivity contribution < 1.29 is 63.1 Å². The molecule has 66 heavy (non-hydrogen) atoms. The van der Waals surface area contributed by atoms with Crippen molar-refractivity contribution in [1.29, 1.82) is 0 Å². The fraction of sp³-hybridized carbons (Fsp3) is 0.923. The highest BCUT2D eigenvalue weighted by Gasteiger charge is 2.51. The largest absolute Gasteiger partial charge is 0.472 e. The van der Waals surface area contributed by atoms with Crippen LogP contribution in [0.4, 0.5) is 0 Å². The molecule has 0 radical (unpaired) electrons. The Hall–Kier alpha value is -1.41. The molecule has 0 heterocycles. The van der Waals surface area contributed by atoms with Gasteiger partial charge in [-0.25, -0.2) is 4.57 Å². The number of hydrogen-bond donors (Lipinski definition) is 6. The van der Waals surface area contributed by atoms with Crippen molar-refractivity contribution in [3.8, 4) is 0 Å². The standard InChI is InChI=1S/C52H99O13P/c1-3-5-7-9-11-13-15-17-19-20-21-22-23-24-25-27-28-30-32-34-36-38-40-45(53)62-42-44(43-63-66(60,61)65-52-50(58)48(56)47(55)49(57)51(52)59)64-46(54)41-39-37-35-33-31-29-26-18-16-14-12-10-8-6-4-2/h29,31,44,47-52,55-59H,3-28,30,32-43H2,1-2H3,(H,60,61)/b31-29+/t44-,47?,48-,49?,50?,51?,52?/m0/s1. The second-order valence-corrected chi connectivity index (χ2v) is 20.5. The highest BCUT2D eigenvalue weighted by Crippen LogP contribution is 2.47. The molecule has 6 N–H and O–H groups in total. The molecule has 6 unspecified atom stereocenters. The summed E-state index contributed by atoms with van der Waals surface area (Å²) in [7, 11) is -5.12. The summed E-state index contributed by atoms with van der Waals surface area (Å²) in [5, 5.41) is 50.3. The second-order valence-electron chi connectivity index (χ2n) is 19.1. The lowest BCUT2D eigenvalue weighted by Gasteiger charge is -2.41. The van der Waals surface area contributed by atoms with Gasteiger partial charge in [0, 0.05) is 12.8 Å². The number of phosphoric ester groups is 1. The van der Waals surface area contributed by atoms with Crippen LogP contribution in [0.1, 0.15) is 251 Å². The van der Waals surface area contributed by atoms with Crippen LogP contribution in [0.25, 0.3) is 0 Å². The molecule has 1 fully saturated rings. The average Bonchev–Trinajstić information content (AvgIpc) is 3.30. The zero-order valence-electron chi connectivity index (χ0n) is 41.8. The number of allylic oxidation sites excluding steroid dienone is 2. The molecule has 0 bridgehead atoms. The lowest BCUT2D eigenvalue weighted by atomic mass is 9.85. The molecular weight excluding hydrogens is 864 g/mol. The monoisotopic (exact) mass is 963 g/mol. The smallest absolute Gasteiger partial charge is 0.462 e. The van der Waals surface area contributed by atoms with Crippen molar-refractivity contribution in [1.82, 2.24) is 0 Å². The summed E-state index contributed by atoms with van der Waals surface area (Å²) in [5.41, 5.74) is 0. The number of aliphatic hydroxyl groups excluding tert-OH is 5. The van der Waals surface area contributed by atoms with Gasteiger partial charge < -0.3 is 39.9 Å². The van der Waals surface area contributed by atoms with E-state index in [9.17, 15) is 44.6 Å². The van der Waals surface area contributed by atoms with Gasteiger partial charge in [0.05, 0.1) is 6.61 Å². The summed E-state index contributed by atoms with van der Waals surface area (Å²) in [4.78, 5) is 35.8. The van der Waals surface area contributed by atoms with Crippen LogP contribution in [-0.2, 0) is 32.7 Å². The maximum absolute atomic E-state index is 12.8. The lowest BCUT2D eigenvalue weighted by Crippen LogP contribution is -2.64. The van der Waals surface area contributed by atoms with Gasteiger partial charge in [-0.15, -0.1) is 0 Å². The van der Waals surface area contributed by atoms with Gasteiger partial charge in [-0.05, 0) is 38.5 Å². The topological polar surface area (TPSA) is 210 Å². The van der Waals surface area contributed by atoms with Crippen LogP contribution < -0.4 is 0 Å². The van der Waals surface area contributed by atoms with Crippen molar-refractivity contribution in [2.24, 2.45) is 0 Å². The Morgan fingerprint density at radius 3 is 1.17 bits per heavy atom. The van der Waals surface area contributed by atoms with Crippen LogP contribution >= 0.6 is 7.82 Å². The van der Waals surface area contributed by atoms with E-state index in [-0.39, 0.29) is 12.8 Å². The van der Waals surface area contributed by atoms with E-state index in [0.29, 0.717) is 12.8 Å². The molecule has 1 aliphatic carbocycles. The summed E-state index contributed by atoms with van der Waals surface area (Å²) in [5.74, 6) is -1.10. The van der Waals surface area contributed by atoms with Gasteiger partial charge in [-0.1, -0.05) is 212 Å². The van der Waals surface area contributed by atoms with Crippen molar-refractivity contribution in [2.75, 3.05) is 13.2 Å². The quantitative estimate of drug-likeness (QED) is 0.0145. The van der Waals surface area contributed by atoms with E-state index in [1.165, 1.54) is 167 Å². The number of carbonyl (C=O) groups is 2. The number of phosphoric acid groups is 1. The highest BCUT2D eigenvalue weighted by molar-refractivity contribution is 7.47. The Morgan fingerprint density at radius 2 is 0.773 bits per heavy atom. The van der Waals surface area contributed by atoms with Crippen LogP contribution in [0.15, 0.2) is 12.2 Å². The number of esters is 2. The minimum Gasteiger partial charge on any atom is -0.462 e. The maximum atomic E-state index is 12.8. The van der Waals surface area contributed by atoms with Crippen LogP contribution in [0.2, 0.25) is 0 Å². The van der Waals surface area contributed by atoms with Gasteiger partial charge in [0.15, 0.2) is 6.10 Å². The minimum absolute atomic E-state index is 0.0811.